The number of ether oxygens (including phenoxy) is 1. The summed E-state index contributed by atoms with van der Waals surface area (Å²) in [5.74, 6) is -0.356. The zero-order chi connectivity index (χ0) is 19.9. The molecule has 144 valence electrons. The quantitative estimate of drug-likeness (QED) is 0.680. The number of rotatable bonds is 6. The molecule has 0 bridgehead atoms. The molecule has 0 saturated heterocycles. The van der Waals surface area contributed by atoms with Crippen LogP contribution in [0.4, 0.5) is 10.5 Å². The topological polar surface area (TPSA) is 79.5 Å². The summed E-state index contributed by atoms with van der Waals surface area (Å²) >= 11 is 0. The van der Waals surface area contributed by atoms with Crippen molar-refractivity contribution in [3.05, 3.63) is 65.7 Å². The SMILES string of the molecule is Cc1ccc(NNC(=O)C(Cc2ccccc2)NC(=O)OC(C)(C)C)cc1. The molecule has 27 heavy (non-hydrogen) atoms. The molecule has 0 saturated carbocycles. The van der Waals surface area contributed by atoms with Gasteiger partial charge in [0.1, 0.15) is 11.6 Å². The number of alkyl carbamates (subject to hydrolysis) is 1. The Morgan fingerprint density at radius 1 is 1.00 bits per heavy atom. The van der Waals surface area contributed by atoms with Gasteiger partial charge in [-0.15, -0.1) is 0 Å². The lowest BCUT2D eigenvalue weighted by molar-refractivity contribution is -0.122. The van der Waals surface area contributed by atoms with E-state index in [1.165, 1.54) is 0 Å². The van der Waals surface area contributed by atoms with Crippen molar-refractivity contribution in [2.45, 2.75) is 45.8 Å². The standard InChI is InChI=1S/C21H27N3O3/c1-15-10-12-17(13-11-15)23-24-19(25)18(14-16-8-6-5-7-9-16)22-20(26)27-21(2,3)4/h5-13,18,23H,14H2,1-4H3,(H,22,26)(H,24,25). The van der Waals surface area contributed by atoms with Crippen LogP contribution < -0.4 is 16.2 Å². The molecule has 2 rings (SSSR count). The van der Waals surface area contributed by atoms with Crippen LogP contribution >= 0.6 is 0 Å². The number of hydrogen-bond donors (Lipinski definition) is 3. The van der Waals surface area contributed by atoms with E-state index in [4.69, 9.17) is 4.74 Å². The molecule has 0 aromatic heterocycles. The first kappa shape index (κ1) is 20.3. The summed E-state index contributed by atoms with van der Waals surface area (Å²) < 4.78 is 5.28. The molecular weight excluding hydrogens is 342 g/mol. The highest BCUT2D eigenvalue weighted by Gasteiger charge is 2.24. The fraction of sp³-hybridized carbons (Fsp3) is 0.333. The molecule has 0 heterocycles. The van der Waals surface area contributed by atoms with Gasteiger partial charge < -0.3 is 10.1 Å². The van der Waals surface area contributed by atoms with Crippen LogP contribution in [0.15, 0.2) is 54.6 Å². The predicted molar refractivity (Wildman–Crippen MR) is 106 cm³/mol. The zero-order valence-electron chi connectivity index (χ0n) is 16.2. The van der Waals surface area contributed by atoms with E-state index in [1.54, 1.807) is 20.8 Å². The number of anilines is 1. The van der Waals surface area contributed by atoms with Gasteiger partial charge in [0.15, 0.2) is 0 Å². The second-order valence-corrected chi connectivity index (χ2v) is 7.37. The number of carbonyl (C=O) groups excluding carboxylic acids is 2. The number of hydrazine groups is 1. The predicted octanol–water partition coefficient (Wildman–Crippen LogP) is 3.57. The van der Waals surface area contributed by atoms with Crippen molar-refractivity contribution in [3.63, 3.8) is 0 Å². The monoisotopic (exact) mass is 369 g/mol. The third-order valence-electron chi connectivity index (χ3n) is 3.67. The van der Waals surface area contributed by atoms with Gasteiger partial charge in [0.25, 0.3) is 5.91 Å². The summed E-state index contributed by atoms with van der Waals surface area (Å²) in [6, 6.07) is 16.3. The van der Waals surface area contributed by atoms with E-state index in [1.807, 2.05) is 61.5 Å². The van der Waals surface area contributed by atoms with Gasteiger partial charge >= 0.3 is 6.09 Å². The molecule has 2 aromatic carbocycles. The molecule has 0 radical (unpaired) electrons. The third kappa shape index (κ3) is 7.40. The van der Waals surface area contributed by atoms with Gasteiger partial charge in [-0.25, -0.2) is 4.79 Å². The molecule has 1 atom stereocenters. The molecular formula is C21H27N3O3. The Morgan fingerprint density at radius 2 is 1.63 bits per heavy atom. The van der Waals surface area contributed by atoms with Crippen LogP contribution in [-0.4, -0.2) is 23.6 Å². The van der Waals surface area contributed by atoms with E-state index in [0.717, 1.165) is 16.8 Å². The van der Waals surface area contributed by atoms with Crippen LogP contribution in [0, 0.1) is 6.92 Å². The van der Waals surface area contributed by atoms with Crippen LogP contribution in [0.2, 0.25) is 0 Å². The molecule has 0 aliphatic carbocycles. The number of amides is 2. The smallest absolute Gasteiger partial charge is 0.408 e. The molecule has 3 N–H and O–H groups in total. The van der Waals surface area contributed by atoms with Crippen molar-refractivity contribution in [2.24, 2.45) is 0 Å². The Hall–Kier alpha value is -3.02. The maximum atomic E-state index is 12.6. The van der Waals surface area contributed by atoms with Gasteiger partial charge in [0, 0.05) is 6.42 Å². The van der Waals surface area contributed by atoms with Crippen molar-refractivity contribution in [1.29, 1.82) is 0 Å². The van der Waals surface area contributed by atoms with Gasteiger partial charge in [-0.2, -0.15) is 0 Å². The molecule has 0 aliphatic rings. The lowest BCUT2D eigenvalue weighted by Gasteiger charge is -2.23. The van der Waals surface area contributed by atoms with Crippen LogP contribution in [0.1, 0.15) is 31.9 Å². The normalized spacial score (nSPS) is 12.0. The van der Waals surface area contributed by atoms with E-state index < -0.39 is 17.7 Å². The molecule has 0 spiro atoms. The number of benzene rings is 2. The lowest BCUT2D eigenvalue weighted by Crippen LogP contribution is -2.50. The van der Waals surface area contributed by atoms with E-state index in [-0.39, 0.29) is 5.91 Å². The third-order valence-corrected chi connectivity index (χ3v) is 3.67. The molecule has 2 amide bonds. The number of aryl methyl sites for hydroxylation is 1. The molecule has 6 heteroatoms. The fourth-order valence-corrected chi connectivity index (χ4v) is 2.37. The lowest BCUT2D eigenvalue weighted by atomic mass is 10.1. The Kier molecular flexibility index (Phi) is 6.82. The van der Waals surface area contributed by atoms with Crippen molar-refractivity contribution in [3.8, 4) is 0 Å². The molecule has 2 aromatic rings. The average molecular weight is 369 g/mol. The summed E-state index contributed by atoms with van der Waals surface area (Å²) in [4.78, 5) is 24.8. The van der Waals surface area contributed by atoms with Crippen molar-refractivity contribution in [2.75, 3.05) is 5.43 Å². The Balaban J connectivity index is 2.03. The maximum absolute atomic E-state index is 12.6. The van der Waals surface area contributed by atoms with Gasteiger partial charge in [0.2, 0.25) is 0 Å². The van der Waals surface area contributed by atoms with Gasteiger partial charge in [-0.3, -0.25) is 15.6 Å². The second-order valence-electron chi connectivity index (χ2n) is 7.37. The molecule has 0 aliphatic heterocycles. The highest BCUT2D eigenvalue weighted by Crippen LogP contribution is 2.10. The van der Waals surface area contributed by atoms with Crippen LogP contribution in [0.25, 0.3) is 0 Å². The summed E-state index contributed by atoms with van der Waals surface area (Å²) in [6.07, 6.45) is -0.282. The van der Waals surface area contributed by atoms with Gasteiger partial charge in [-0.05, 0) is 45.4 Å². The van der Waals surface area contributed by atoms with Crippen LogP contribution in [0.5, 0.6) is 0 Å². The van der Waals surface area contributed by atoms with E-state index in [2.05, 4.69) is 16.2 Å². The Labute approximate surface area is 160 Å². The molecule has 0 fully saturated rings. The summed E-state index contributed by atoms with van der Waals surface area (Å²) in [7, 11) is 0. The highest BCUT2D eigenvalue weighted by atomic mass is 16.6. The van der Waals surface area contributed by atoms with Crippen molar-refractivity contribution in [1.82, 2.24) is 10.7 Å². The molecule has 1 unspecified atom stereocenters. The first-order valence-electron chi connectivity index (χ1n) is 8.89. The number of carbonyl (C=O) groups is 2. The largest absolute Gasteiger partial charge is 0.444 e. The minimum Gasteiger partial charge on any atom is -0.444 e. The van der Waals surface area contributed by atoms with Crippen LogP contribution in [0.3, 0.4) is 0 Å². The number of nitrogens with one attached hydrogen (secondary N) is 3. The van der Waals surface area contributed by atoms with E-state index in [0.29, 0.717) is 6.42 Å². The highest BCUT2D eigenvalue weighted by molar-refractivity contribution is 5.86. The van der Waals surface area contributed by atoms with Gasteiger partial charge in [-0.1, -0.05) is 48.0 Å². The van der Waals surface area contributed by atoms with E-state index >= 15 is 0 Å². The minimum atomic E-state index is -0.778. The van der Waals surface area contributed by atoms with Crippen molar-refractivity contribution < 1.29 is 14.3 Å². The summed E-state index contributed by atoms with van der Waals surface area (Å²) in [5.41, 5.74) is 7.69. The fourth-order valence-electron chi connectivity index (χ4n) is 2.37. The Bertz CT molecular complexity index is 752. The zero-order valence-corrected chi connectivity index (χ0v) is 16.2. The van der Waals surface area contributed by atoms with E-state index in [9.17, 15) is 9.59 Å². The average Bonchev–Trinajstić information content (AvgIpc) is 2.59. The number of hydrogen-bond acceptors (Lipinski definition) is 4. The van der Waals surface area contributed by atoms with Gasteiger partial charge in [0.05, 0.1) is 5.69 Å². The molecule has 6 nitrogen and oxygen atoms in total. The van der Waals surface area contributed by atoms with Crippen molar-refractivity contribution >= 4 is 17.7 Å². The van der Waals surface area contributed by atoms with Crippen LogP contribution in [-0.2, 0) is 16.0 Å². The second kappa shape index (κ2) is 9.07. The first-order chi connectivity index (χ1) is 12.7. The Morgan fingerprint density at radius 3 is 2.22 bits per heavy atom. The summed E-state index contributed by atoms with van der Waals surface area (Å²) in [6.45, 7) is 7.32. The minimum absolute atomic E-state index is 0.349. The summed E-state index contributed by atoms with van der Waals surface area (Å²) in [5, 5.41) is 2.65. The maximum Gasteiger partial charge on any atom is 0.408 e. The first-order valence-corrected chi connectivity index (χ1v) is 8.89.